The zero-order chi connectivity index (χ0) is 13.0. The van der Waals surface area contributed by atoms with E-state index in [2.05, 4.69) is 17.3 Å². The van der Waals surface area contributed by atoms with Crippen molar-refractivity contribution in [2.45, 2.75) is 31.3 Å². The van der Waals surface area contributed by atoms with Crippen LogP contribution in [0.2, 0.25) is 0 Å². The molecule has 2 fully saturated rings. The number of amides is 1. The van der Waals surface area contributed by atoms with Crippen LogP contribution >= 0.6 is 0 Å². The lowest BCUT2D eigenvalue weighted by Gasteiger charge is -2.36. The van der Waals surface area contributed by atoms with Crippen LogP contribution in [0.5, 0.6) is 0 Å². The number of nitrogens with one attached hydrogen (secondary N) is 1. The molecule has 1 N–H and O–H groups in total. The quantitative estimate of drug-likeness (QED) is 0.766. The standard InChI is InChI=1S/C13H25N3O2/c1-15-6-3-12(4-7-15)16(2)13(17)9-11-10-18-8-5-14-11/h11-12,14H,3-10H2,1-2H3. The summed E-state index contributed by atoms with van der Waals surface area (Å²) < 4.78 is 5.38. The van der Waals surface area contributed by atoms with Gasteiger partial charge in [0.2, 0.25) is 5.91 Å². The molecule has 0 aromatic rings. The van der Waals surface area contributed by atoms with Crippen molar-refractivity contribution in [3.63, 3.8) is 0 Å². The molecular weight excluding hydrogens is 230 g/mol. The van der Waals surface area contributed by atoms with Gasteiger partial charge in [-0.15, -0.1) is 0 Å². The molecule has 1 unspecified atom stereocenters. The van der Waals surface area contributed by atoms with E-state index < -0.39 is 0 Å². The Balaban J connectivity index is 1.77. The van der Waals surface area contributed by atoms with E-state index in [9.17, 15) is 4.79 Å². The van der Waals surface area contributed by atoms with Crippen LogP contribution in [0.4, 0.5) is 0 Å². The van der Waals surface area contributed by atoms with Gasteiger partial charge < -0.3 is 19.9 Å². The SMILES string of the molecule is CN1CCC(N(C)C(=O)CC2COCCN2)CC1. The van der Waals surface area contributed by atoms with Gasteiger partial charge in [0.1, 0.15) is 0 Å². The van der Waals surface area contributed by atoms with Gasteiger partial charge in [-0.1, -0.05) is 0 Å². The minimum atomic E-state index is 0.194. The molecule has 0 aromatic heterocycles. The number of carbonyl (C=O) groups is 1. The molecule has 2 aliphatic rings. The summed E-state index contributed by atoms with van der Waals surface area (Å²) >= 11 is 0. The molecule has 0 saturated carbocycles. The maximum absolute atomic E-state index is 12.2. The number of rotatable bonds is 3. The number of ether oxygens (including phenoxy) is 1. The molecule has 1 amide bonds. The van der Waals surface area contributed by atoms with Gasteiger partial charge in [-0.3, -0.25) is 4.79 Å². The van der Waals surface area contributed by atoms with E-state index in [0.717, 1.165) is 39.1 Å². The Hall–Kier alpha value is -0.650. The number of morpholine rings is 1. The summed E-state index contributed by atoms with van der Waals surface area (Å²) in [5.41, 5.74) is 0. The second-order valence-electron chi connectivity index (χ2n) is 5.47. The van der Waals surface area contributed by atoms with Crippen molar-refractivity contribution in [1.29, 1.82) is 0 Å². The van der Waals surface area contributed by atoms with Crippen LogP contribution in [-0.2, 0) is 9.53 Å². The lowest BCUT2D eigenvalue weighted by Crippen LogP contribution is -2.48. The second-order valence-corrected chi connectivity index (χ2v) is 5.47. The van der Waals surface area contributed by atoms with Gasteiger partial charge in [-0.05, 0) is 33.0 Å². The summed E-state index contributed by atoms with van der Waals surface area (Å²) in [6, 6.07) is 0.609. The zero-order valence-electron chi connectivity index (χ0n) is 11.5. The molecule has 2 heterocycles. The molecule has 5 heteroatoms. The van der Waals surface area contributed by atoms with Crippen molar-refractivity contribution in [1.82, 2.24) is 15.1 Å². The molecule has 0 aliphatic carbocycles. The number of piperidine rings is 1. The maximum Gasteiger partial charge on any atom is 0.224 e. The molecule has 2 saturated heterocycles. The Labute approximate surface area is 109 Å². The first-order chi connectivity index (χ1) is 8.66. The molecule has 0 bridgehead atoms. The van der Waals surface area contributed by atoms with Crippen molar-refractivity contribution >= 4 is 5.91 Å². The molecule has 0 spiro atoms. The average Bonchev–Trinajstić information content (AvgIpc) is 2.40. The van der Waals surface area contributed by atoms with E-state index in [1.165, 1.54) is 0 Å². The molecule has 5 nitrogen and oxygen atoms in total. The maximum atomic E-state index is 12.2. The molecule has 2 rings (SSSR count). The molecule has 104 valence electrons. The third-order valence-electron chi connectivity index (χ3n) is 4.05. The van der Waals surface area contributed by atoms with E-state index in [0.29, 0.717) is 19.1 Å². The lowest BCUT2D eigenvalue weighted by molar-refractivity contribution is -0.134. The van der Waals surface area contributed by atoms with Crippen LogP contribution in [0.3, 0.4) is 0 Å². The molecule has 0 radical (unpaired) electrons. The minimum Gasteiger partial charge on any atom is -0.378 e. The van der Waals surface area contributed by atoms with Crippen LogP contribution in [0, 0.1) is 0 Å². The number of likely N-dealkylation sites (tertiary alicyclic amines) is 1. The van der Waals surface area contributed by atoms with Crippen molar-refractivity contribution < 1.29 is 9.53 Å². The van der Waals surface area contributed by atoms with Gasteiger partial charge in [0.05, 0.1) is 13.2 Å². The predicted octanol–water partition coefficient (Wildman–Crippen LogP) is -0.0825. The van der Waals surface area contributed by atoms with Crippen LogP contribution < -0.4 is 5.32 Å². The predicted molar refractivity (Wildman–Crippen MR) is 70.5 cm³/mol. The number of hydrogen-bond acceptors (Lipinski definition) is 4. The third kappa shape index (κ3) is 3.67. The summed E-state index contributed by atoms with van der Waals surface area (Å²) in [6.07, 6.45) is 2.74. The summed E-state index contributed by atoms with van der Waals surface area (Å²) in [6.45, 7) is 4.46. The van der Waals surface area contributed by atoms with E-state index in [4.69, 9.17) is 4.74 Å². The van der Waals surface area contributed by atoms with Gasteiger partial charge in [0, 0.05) is 32.1 Å². The van der Waals surface area contributed by atoms with E-state index >= 15 is 0 Å². The molecule has 2 aliphatic heterocycles. The fourth-order valence-corrected chi connectivity index (χ4v) is 2.69. The van der Waals surface area contributed by atoms with Crippen LogP contribution in [-0.4, -0.2) is 74.7 Å². The first kappa shape index (κ1) is 13.8. The summed E-state index contributed by atoms with van der Waals surface area (Å²) in [5.74, 6) is 0.243. The van der Waals surface area contributed by atoms with Gasteiger partial charge in [-0.25, -0.2) is 0 Å². The molecule has 18 heavy (non-hydrogen) atoms. The van der Waals surface area contributed by atoms with Gasteiger partial charge in [-0.2, -0.15) is 0 Å². The molecule has 1 atom stereocenters. The normalized spacial score (nSPS) is 27.1. The van der Waals surface area contributed by atoms with Crippen LogP contribution in [0.15, 0.2) is 0 Å². The topological polar surface area (TPSA) is 44.8 Å². The highest BCUT2D eigenvalue weighted by Crippen LogP contribution is 2.15. The minimum absolute atomic E-state index is 0.194. The fourth-order valence-electron chi connectivity index (χ4n) is 2.69. The number of hydrogen-bond donors (Lipinski definition) is 1. The Morgan fingerprint density at radius 3 is 2.78 bits per heavy atom. The average molecular weight is 255 g/mol. The molecular formula is C13H25N3O2. The first-order valence-electron chi connectivity index (χ1n) is 6.92. The van der Waals surface area contributed by atoms with E-state index in [-0.39, 0.29) is 11.9 Å². The smallest absolute Gasteiger partial charge is 0.224 e. The highest BCUT2D eigenvalue weighted by molar-refractivity contribution is 5.77. The van der Waals surface area contributed by atoms with E-state index in [1.54, 1.807) is 0 Å². The summed E-state index contributed by atoms with van der Waals surface area (Å²) in [7, 11) is 4.09. The lowest BCUT2D eigenvalue weighted by atomic mass is 10.0. The third-order valence-corrected chi connectivity index (χ3v) is 4.05. The van der Waals surface area contributed by atoms with Crippen molar-refractivity contribution in [2.75, 3.05) is 46.9 Å². The van der Waals surface area contributed by atoms with Gasteiger partial charge in [0.15, 0.2) is 0 Å². The van der Waals surface area contributed by atoms with Crippen molar-refractivity contribution in [3.8, 4) is 0 Å². The Morgan fingerprint density at radius 2 is 2.17 bits per heavy atom. The first-order valence-corrected chi connectivity index (χ1v) is 6.92. The Bertz CT molecular complexity index is 271. The summed E-state index contributed by atoms with van der Waals surface area (Å²) in [5, 5.41) is 3.33. The Kier molecular flexibility index (Phi) is 4.97. The largest absolute Gasteiger partial charge is 0.378 e. The van der Waals surface area contributed by atoms with Gasteiger partial charge in [0.25, 0.3) is 0 Å². The van der Waals surface area contributed by atoms with Gasteiger partial charge >= 0.3 is 0 Å². The zero-order valence-corrected chi connectivity index (χ0v) is 11.5. The van der Waals surface area contributed by atoms with Crippen molar-refractivity contribution in [2.24, 2.45) is 0 Å². The Morgan fingerprint density at radius 1 is 1.44 bits per heavy atom. The van der Waals surface area contributed by atoms with E-state index in [1.807, 2.05) is 11.9 Å². The number of carbonyl (C=O) groups excluding carboxylic acids is 1. The summed E-state index contributed by atoms with van der Waals surface area (Å²) in [4.78, 5) is 16.5. The molecule has 0 aromatic carbocycles. The van der Waals surface area contributed by atoms with Crippen LogP contribution in [0.25, 0.3) is 0 Å². The highest BCUT2D eigenvalue weighted by Gasteiger charge is 2.26. The monoisotopic (exact) mass is 255 g/mol. The number of nitrogens with zero attached hydrogens (tertiary/aromatic N) is 2. The fraction of sp³-hybridized carbons (Fsp3) is 0.923. The van der Waals surface area contributed by atoms with Crippen LogP contribution in [0.1, 0.15) is 19.3 Å². The second kappa shape index (κ2) is 6.50. The van der Waals surface area contributed by atoms with Crippen molar-refractivity contribution in [3.05, 3.63) is 0 Å². The highest BCUT2D eigenvalue weighted by atomic mass is 16.5.